The van der Waals surface area contributed by atoms with Crippen molar-refractivity contribution in [3.63, 3.8) is 0 Å². The van der Waals surface area contributed by atoms with Gasteiger partial charge in [0.15, 0.2) is 0 Å². The Morgan fingerprint density at radius 1 is 1.08 bits per heavy atom. The normalized spacial score (nSPS) is 11.6. The van der Waals surface area contributed by atoms with E-state index in [9.17, 15) is 13.2 Å². The molecule has 4 aromatic rings. The fourth-order valence-corrected chi connectivity index (χ4v) is 5.85. The Bertz CT molecular complexity index is 1600. The molecule has 38 heavy (non-hydrogen) atoms. The molecule has 0 unspecified atom stereocenters. The second-order valence-electron chi connectivity index (χ2n) is 9.35. The van der Waals surface area contributed by atoms with Crippen LogP contribution in [0.2, 0.25) is 0 Å². The van der Waals surface area contributed by atoms with Crippen molar-refractivity contribution in [2.24, 2.45) is 5.73 Å². The van der Waals surface area contributed by atoms with Crippen LogP contribution in [0.15, 0.2) is 51.9 Å². The van der Waals surface area contributed by atoms with Crippen molar-refractivity contribution in [2.75, 3.05) is 4.72 Å². The van der Waals surface area contributed by atoms with Crippen molar-refractivity contribution in [1.29, 1.82) is 0 Å². The molecule has 0 fully saturated rings. The number of imidazole rings is 1. The van der Waals surface area contributed by atoms with Crippen LogP contribution in [0, 0.1) is 20.8 Å². The first kappa shape index (κ1) is 27.1. The summed E-state index contributed by atoms with van der Waals surface area (Å²) in [7, 11) is -3.95. The van der Waals surface area contributed by atoms with Crippen molar-refractivity contribution in [1.82, 2.24) is 14.7 Å². The molecule has 2 aromatic heterocycles. The third-order valence-electron chi connectivity index (χ3n) is 6.64. The summed E-state index contributed by atoms with van der Waals surface area (Å²) < 4.78 is 36.3. The summed E-state index contributed by atoms with van der Waals surface area (Å²) >= 11 is 0. The number of amides is 1. The first-order valence-corrected chi connectivity index (χ1v) is 14.1. The molecule has 0 atom stereocenters. The van der Waals surface area contributed by atoms with Crippen LogP contribution in [0.3, 0.4) is 0 Å². The zero-order chi connectivity index (χ0) is 27.6. The summed E-state index contributed by atoms with van der Waals surface area (Å²) in [6, 6.07) is 12.7. The van der Waals surface area contributed by atoms with Crippen molar-refractivity contribution in [2.45, 2.75) is 65.3 Å². The van der Waals surface area contributed by atoms with Crippen LogP contribution in [-0.2, 0) is 29.4 Å². The fourth-order valence-electron chi connectivity index (χ4n) is 4.58. The largest absolute Gasteiger partial charge is 0.364 e. The summed E-state index contributed by atoms with van der Waals surface area (Å²) in [5.74, 6) is 0.443. The Morgan fingerprint density at radius 3 is 2.42 bits per heavy atom. The quantitative estimate of drug-likeness (QED) is 0.296. The zero-order valence-electron chi connectivity index (χ0n) is 22.3. The van der Waals surface area contributed by atoms with Crippen LogP contribution in [0.4, 0.5) is 5.88 Å². The molecule has 3 N–H and O–H groups in total. The monoisotopic (exact) mass is 535 g/mol. The number of nitrogens with two attached hydrogens (primary N) is 1. The standard InChI is InChI=1S/C28H33N5O4S/c1-6-10-25-30-23(7-2)26(27(29)34)33(25)16-20-13-14-21(17(3)15-20)22-11-8-9-12-24(22)38(35,36)32-28-18(4)19(5)31-37-28/h8-9,11-15,32H,6-7,10,16H2,1-5H3,(H2,29,34). The molecule has 0 radical (unpaired) electrons. The van der Waals surface area contributed by atoms with Gasteiger partial charge in [-0.2, -0.15) is 0 Å². The number of nitrogens with one attached hydrogen (secondary N) is 1. The van der Waals surface area contributed by atoms with Gasteiger partial charge in [-0.05, 0) is 56.4 Å². The van der Waals surface area contributed by atoms with Crippen LogP contribution in [0.5, 0.6) is 0 Å². The van der Waals surface area contributed by atoms with E-state index in [1.165, 1.54) is 0 Å². The van der Waals surface area contributed by atoms with Crippen LogP contribution in [0.25, 0.3) is 11.1 Å². The number of hydrogen-bond donors (Lipinski definition) is 2. The first-order valence-electron chi connectivity index (χ1n) is 12.6. The first-order chi connectivity index (χ1) is 18.1. The Hall–Kier alpha value is -3.92. The van der Waals surface area contributed by atoms with Gasteiger partial charge in [-0.3, -0.25) is 4.79 Å². The molecule has 200 valence electrons. The highest BCUT2D eigenvalue weighted by Crippen LogP contribution is 2.32. The van der Waals surface area contributed by atoms with Crippen LogP contribution >= 0.6 is 0 Å². The summed E-state index contributed by atoms with van der Waals surface area (Å²) in [4.78, 5) is 17.1. The molecule has 0 bridgehead atoms. The molecule has 4 rings (SSSR count). The third-order valence-corrected chi connectivity index (χ3v) is 8.03. The lowest BCUT2D eigenvalue weighted by Crippen LogP contribution is -2.20. The van der Waals surface area contributed by atoms with Gasteiger partial charge in [-0.1, -0.05) is 55.4 Å². The molecule has 0 aliphatic rings. The minimum Gasteiger partial charge on any atom is -0.364 e. The number of anilines is 1. The SMILES string of the molecule is CCCc1nc(CC)c(C(N)=O)n1Cc1ccc(-c2ccccc2S(=O)(=O)Nc2onc(C)c2C)c(C)c1. The van der Waals surface area contributed by atoms with E-state index >= 15 is 0 Å². The zero-order valence-corrected chi connectivity index (χ0v) is 23.1. The molecule has 2 heterocycles. The van der Waals surface area contributed by atoms with Crippen molar-refractivity contribution in [3.05, 3.63) is 82.1 Å². The molecule has 0 saturated carbocycles. The Morgan fingerprint density at radius 2 is 1.82 bits per heavy atom. The predicted octanol–water partition coefficient (Wildman–Crippen LogP) is 4.93. The van der Waals surface area contributed by atoms with Crippen LogP contribution < -0.4 is 10.5 Å². The van der Waals surface area contributed by atoms with E-state index in [2.05, 4.69) is 21.8 Å². The summed E-state index contributed by atoms with van der Waals surface area (Å²) in [5.41, 5.74) is 11.3. The van der Waals surface area contributed by atoms with Gasteiger partial charge in [0.25, 0.3) is 15.9 Å². The average molecular weight is 536 g/mol. The van der Waals surface area contributed by atoms with Gasteiger partial charge >= 0.3 is 0 Å². The maximum Gasteiger partial charge on any atom is 0.267 e. The number of hydrogen-bond acceptors (Lipinski definition) is 6. The Labute approximate surface area is 223 Å². The van der Waals surface area contributed by atoms with Gasteiger partial charge in [0.1, 0.15) is 11.5 Å². The van der Waals surface area contributed by atoms with Gasteiger partial charge in [0.05, 0.1) is 16.3 Å². The number of aromatic nitrogens is 3. The smallest absolute Gasteiger partial charge is 0.267 e. The number of sulfonamides is 1. The number of rotatable bonds is 10. The number of carbonyl (C=O) groups is 1. The lowest BCUT2D eigenvalue weighted by Gasteiger charge is -2.15. The highest BCUT2D eigenvalue weighted by Gasteiger charge is 2.24. The van der Waals surface area contributed by atoms with E-state index in [1.807, 2.05) is 36.6 Å². The van der Waals surface area contributed by atoms with Gasteiger partial charge in [0.2, 0.25) is 5.88 Å². The third kappa shape index (κ3) is 5.22. The van der Waals surface area contributed by atoms with E-state index in [-0.39, 0.29) is 10.8 Å². The van der Waals surface area contributed by atoms with Crippen molar-refractivity contribution >= 4 is 21.8 Å². The van der Waals surface area contributed by atoms with Crippen LogP contribution in [-0.4, -0.2) is 29.0 Å². The Kier molecular flexibility index (Phi) is 7.73. The second-order valence-corrected chi connectivity index (χ2v) is 11.0. The molecule has 10 heteroatoms. The molecule has 0 aliphatic heterocycles. The van der Waals surface area contributed by atoms with Gasteiger partial charge in [-0.25, -0.2) is 18.1 Å². The van der Waals surface area contributed by atoms with E-state index in [4.69, 9.17) is 10.3 Å². The summed E-state index contributed by atoms with van der Waals surface area (Å²) in [5, 5.41) is 3.84. The van der Waals surface area contributed by atoms with E-state index in [0.717, 1.165) is 35.4 Å². The number of aryl methyl sites for hydroxylation is 4. The predicted molar refractivity (Wildman–Crippen MR) is 147 cm³/mol. The Balaban J connectivity index is 1.71. The highest BCUT2D eigenvalue weighted by molar-refractivity contribution is 7.92. The minimum absolute atomic E-state index is 0.101. The van der Waals surface area contributed by atoms with Gasteiger partial charge in [0, 0.05) is 24.1 Å². The molecular weight excluding hydrogens is 502 g/mol. The fraction of sp³-hybridized carbons (Fsp3) is 0.321. The molecule has 1 amide bonds. The van der Waals surface area contributed by atoms with Gasteiger partial charge < -0.3 is 14.8 Å². The van der Waals surface area contributed by atoms with E-state index in [0.29, 0.717) is 41.2 Å². The highest BCUT2D eigenvalue weighted by atomic mass is 32.2. The topological polar surface area (TPSA) is 133 Å². The maximum absolute atomic E-state index is 13.4. The maximum atomic E-state index is 13.4. The lowest BCUT2D eigenvalue weighted by atomic mass is 9.98. The molecule has 9 nitrogen and oxygen atoms in total. The molecule has 0 saturated heterocycles. The van der Waals surface area contributed by atoms with E-state index < -0.39 is 15.9 Å². The number of benzene rings is 2. The van der Waals surface area contributed by atoms with E-state index in [1.54, 1.807) is 38.1 Å². The second kappa shape index (κ2) is 10.8. The summed E-state index contributed by atoms with van der Waals surface area (Å²) in [6.07, 6.45) is 2.25. The number of primary amides is 1. The van der Waals surface area contributed by atoms with Crippen molar-refractivity contribution in [3.8, 4) is 11.1 Å². The molecule has 0 spiro atoms. The summed E-state index contributed by atoms with van der Waals surface area (Å²) in [6.45, 7) is 9.90. The molecule has 2 aromatic carbocycles. The van der Waals surface area contributed by atoms with Crippen LogP contribution in [0.1, 0.15) is 64.7 Å². The van der Waals surface area contributed by atoms with Crippen molar-refractivity contribution < 1.29 is 17.7 Å². The molecule has 0 aliphatic carbocycles. The molecular formula is C28H33N5O4S. The number of carbonyl (C=O) groups excluding carboxylic acids is 1. The lowest BCUT2D eigenvalue weighted by molar-refractivity contribution is 0.0990. The minimum atomic E-state index is -3.95. The van der Waals surface area contributed by atoms with Gasteiger partial charge in [-0.15, -0.1) is 0 Å². The number of nitrogens with zero attached hydrogens (tertiary/aromatic N) is 3. The average Bonchev–Trinajstić information content (AvgIpc) is 3.38.